The number of thiazole rings is 1. The monoisotopic (exact) mass is 529 g/mol. The van der Waals surface area contributed by atoms with Crippen molar-refractivity contribution in [1.82, 2.24) is 19.7 Å². The van der Waals surface area contributed by atoms with Crippen molar-refractivity contribution in [2.45, 2.75) is 57.5 Å². The van der Waals surface area contributed by atoms with Crippen LogP contribution in [-0.4, -0.2) is 64.2 Å². The van der Waals surface area contributed by atoms with Crippen LogP contribution < -0.4 is 4.74 Å². The normalized spacial score (nSPS) is 21.5. The molecule has 2 aliphatic rings. The largest absolute Gasteiger partial charge is 0.460 e. The summed E-state index contributed by atoms with van der Waals surface area (Å²) in [6.07, 6.45) is 5.56. The predicted octanol–water partition coefficient (Wildman–Crippen LogP) is 4.39. The van der Waals surface area contributed by atoms with Crippen LogP contribution in [0.2, 0.25) is 0 Å². The summed E-state index contributed by atoms with van der Waals surface area (Å²) in [5, 5.41) is 3.71. The van der Waals surface area contributed by atoms with Gasteiger partial charge in [-0.3, -0.25) is 9.48 Å². The lowest BCUT2D eigenvalue weighted by molar-refractivity contribution is -0.153. The Morgan fingerprint density at radius 3 is 2.69 bits per heavy atom. The molecule has 1 amide bonds. The average Bonchev–Trinajstić information content (AvgIpc) is 3.30. The van der Waals surface area contributed by atoms with Crippen molar-refractivity contribution < 1.29 is 27.1 Å². The highest BCUT2D eigenvalue weighted by molar-refractivity contribution is 7.13. The fraction of sp³-hybridized carbons (Fsp3) is 0.667. The fourth-order valence-electron chi connectivity index (χ4n) is 4.83. The smallest absolute Gasteiger partial charge is 0.422 e. The van der Waals surface area contributed by atoms with E-state index in [2.05, 4.69) is 20.0 Å². The molecule has 0 saturated heterocycles. The second-order valence-electron chi connectivity index (χ2n) is 9.63. The van der Waals surface area contributed by atoms with E-state index in [4.69, 9.17) is 4.74 Å². The summed E-state index contributed by atoms with van der Waals surface area (Å²) < 4.78 is 56.9. The van der Waals surface area contributed by atoms with Gasteiger partial charge in [-0.2, -0.15) is 17.6 Å². The summed E-state index contributed by atoms with van der Waals surface area (Å²) in [5.41, 5.74) is 1.12. The number of alkyl halides is 3. The summed E-state index contributed by atoms with van der Waals surface area (Å²) in [4.78, 5) is 23.8. The van der Waals surface area contributed by atoms with E-state index in [0.717, 1.165) is 75.2 Å². The number of fused-ring (bicyclic) bond motifs is 1. The Bertz CT molecular complexity index is 1030. The zero-order valence-corrected chi connectivity index (χ0v) is 21.1. The maximum Gasteiger partial charge on any atom is 0.422 e. The molecule has 2 aromatic heterocycles. The Hall–Kier alpha value is -2.34. The van der Waals surface area contributed by atoms with Gasteiger partial charge in [0.25, 0.3) is 5.19 Å². The van der Waals surface area contributed by atoms with E-state index in [1.165, 1.54) is 22.2 Å². The third-order valence-electron chi connectivity index (χ3n) is 6.81. The van der Waals surface area contributed by atoms with E-state index >= 15 is 0 Å². The Morgan fingerprint density at radius 2 is 2.00 bits per heavy atom. The topological polar surface area (TPSA) is 72.6 Å². The molecule has 0 unspecified atom stereocenters. The number of nitrogens with zero attached hydrogens (tertiary/aromatic N) is 5. The first-order chi connectivity index (χ1) is 17.1. The predicted molar refractivity (Wildman–Crippen MR) is 128 cm³/mol. The molecule has 1 fully saturated rings. The van der Waals surface area contributed by atoms with Crippen molar-refractivity contribution in [2.75, 3.05) is 26.2 Å². The van der Waals surface area contributed by atoms with Crippen molar-refractivity contribution in [3.05, 3.63) is 28.3 Å². The minimum Gasteiger partial charge on any atom is -0.460 e. The van der Waals surface area contributed by atoms with E-state index in [-0.39, 0.29) is 29.0 Å². The van der Waals surface area contributed by atoms with Crippen LogP contribution in [0.15, 0.2) is 11.2 Å². The number of amides is 1. The minimum atomic E-state index is -4.36. The average molecular weight is 530 g/mol. The third kappa shape index (κ3) is 7.83. The van der Waals surface area contributed by atoms with Crippen LogP contribution in [-0.2, 0) is 31.1 Å². The molecule has 12 heteroatoms. The van der Waals surface area contributed by atoms with Crippen molar-refractivity contribution in [1.29, 1.82) is 0 Å². The molecule has 1 aliphatic heterocycles. The first-order valence-corrected chi connectivity index (χ1v) is 13.1. The number of halogens is 4. The molecule has 2 aromatic rings. The zero-order chi connectivity index (χ0) is 25.7. The van der Waals surface area contributed by atoms with Crippen LogP contribution in [0, 0.1) is 17.8 Å². The van der Waals surface area contributed by atoms with Crippen molar-refractivity contribution in [3.8, 4) is 5.19 Å². The standard InChI is InChI=1S/C24H31F4N5O2S/c1-32-14-18(22(25)31-32)12-21(34)29-13-17-4-2-16(3-5-17)6-9-33-10-7-19-20(8-11-33)36-23(30-19)35-15-24(26,27)28/h13-14,16-17H,2-12,15H2,1H3/b29-13+. The first-order valence-electron chi connectivity index (χ1n) is 12.3. The van der Waals surface area contributed by atoms with E-state index in [9.17, 15) is 22.4 Å². The molecule has 3 heterocycles. The van der Waals surface area contributed by atoms with E-state index in [0.29, 0.717) is 5.92 Å². The third-order valence-corrected chi connectivity index (χ3v) is 7.88. The Balaban J connectivity index is 1.14. The van der Waals surface area contributed by atoms with Gasteiger partial charge < -0.3 is 9.64 Å². The summed E-state index contributed by atoms with van der Waals surface area (Å²) in [5.74, 6) is -0.0737. The first kappa shape index (κ1) is 26.7. The Kier molecular flexibility index (Phi) is 8.76. The van der Waals surface area contributed by atoms with Crippen molar-refractivity contribution in [2.24, 2.45) is 23.9 Å². The van der Waals surface area contributed by atoms with Crippen LogP contribution in [0.3, 0.4) is 0 Å². The van der Waals surface area contributed by atoms with Crippen LogP contribution in [0.25, 0.3) is 0 Å². The van der Waals surface area contributed by atoms with Crippen LogP contribution in [0.1, 0.15) is 48.2 Å². The number of carbonyl (C=O) groups excluding carboxylic acids is 1. The number of aryl methyl sites for hydroxylation is 1. The van der Waals surface area contributed by atoms with Gasteiger partial charge in [-0.15, -0.1) is 5.10 Å². The van der Waals surface area contributed by atoms with Gasteiger partial charge in [-0.1, -0.05) is 11.3 Å². The van der Waals surface area contributed by atoms with Crippen molar-refractivity contribution >= 4 is 23.5 Å². The van der Waals surface area contributed by atoms with Gasteiger partial charge in [0.05, 0.1) is 12.1 Å². The van der Waals surface area contributed by atoms with Gasteiger partial charge in [0.1, 0.15) is 0 Å². The molecule has 0 aromatic carbocycles. The molecule has 1 saturated carbocycles. The number of hydrogen-bond acceptors (Lipinski definition) is 6. The quantitative estimate of drug-likeness (QED) is 0.375. The molecular formula is C24H31F4N5O2S. The van der Waals surface area contributed by atoms with Crippen molar-refractivity contribution in [3.63, 3.8) is 0 Å². The van der Waals surface area contributed by atoms with E-state index < -0.39 is 18.7 Å². The second kappa shape index (κ2) is 11.8. The Morgan fingerprint density at radius 1 is 1.25 bits per heavy atom. The molecule has 4 rings (SSSR count). The van der Waals surface area contributed by atoms with Gasteiger partial charge in [0.15, 0.2) is 6.61 Å². The molecule has 1 aliphatic carbocycles. The lowest BCUT2D eigenvalue weighted by Crippen LogP contribution is -2.29. The maximum atomic E-state index is 13.6. The number of ether oxygens (including phenoxy) is 1. The van der Waals surface area contributed by atoms with E-state index in [1.807, 2.05) is 0 Å². The molecule has 198 valence electrons. The molecule has 0 radical (unpaired) electrons. The lowest BCUT2D eigenvalue weighted by Gasteiger charge is -2.28. The van der Waals surface area contributed by atoms with Gasteiger partial charge in [-0.05, 0) is 56.9 Å². The van der Waals surface area contributed by atoms with E-state index in [1.54, 1.807) is 13.3 Å². The minimum absolute atomic E-state index is 0.0780. The number of rotatable bonds is 8. The second-order valence-corrected chi connectivity index (χ2v) is 10.7. The molecule has 0 N–H and O–H groups in total. The van der Waals surface area contributed by atoms with Gasteiger partial charge in [-0.25, -0.2) is 9.98 Å². The molecule has 36 heavy (non-hydrogen) atoms. The van der Waals surface area contributed by atoms with Crippen LogP contribution in [0.5, 0.6) is 5.19 Å². The number of aliphatic imine (C=N–C) groups is 1. The van der Waals surface area contributed by atoms with Gasteiger partial charge in [0, 0.05) is 49.4 Å². The number of carbonyl (C=O) groups is 1. The summed E-state index contributed by atoms with van der Waals surface area (Å²) in [6, 6.07) is 0. The molecular weight excluding hydrogens is 498 g/mol. The SMILES string of the molecule is Cn1cc(CC(=O)/N=C/C2CCC(CCN3CCc4nc(OCC(F)(F)F)sc4CC3)CC2)c(F)n1. The highest BCUT2D eigenvalue weighted by Crippen LogP contribution is 2.32. The molecule has 0 spiro atoms. The lowest BCUT2D eigenvalue weighted by atomic mass is 9.81. The zero-order valence-electron chi connectivity index (χ0n) is 20.3. The van der Waals surface area contributed by atoms with Crippen LogP contribution >= 0.6 is 11.3 Å². The molecule has 0 bridgehead atoms. The highest BCUT2D eigenvalue weighted by atomic mass is 32.1. The van der Waals surface area contributed by atoms with Crippen LogP contribution in [0.4, 0.5) is 17.6 Å². The fourth-order valence-corrected chi connectivity index (χ4v) is 5.78. The van der Waals surface area contributed by atoms with Gasteiger partial charge in [0.2, 0.25) is 11.9 Å². The van der Waals surface area contributed by atoms with Gasteiger partial charge >= 0.3 is 6.18 Å². The summed E-state index contributed by atoms with van der Waals surface area (Å²) in [6.45, 7) is 1.40. The molecule has 7 nitrogen and oxygen atoms in total. The maximum absolute atomic E-state index is 13.6. The summed E-state index contributed by atoms with van der Waals surface area (Å²) >= 11 is 1.23. The highest BCUT2D eigenvalue weighted by Gasteiger charge is 2.30. The number of hydrogen-bond donors (Lipinski definition) is 0. The number of aromatic nitrogens is 3. The molecule has 0 atom stereocenters. The summed E-state index contributed by atoms with van der Waals surface area (Å²) in [7, 11) is 1.61. The Labute approximate surface area is 211 Å².